The molecule has 0 spiro atoms. The molecule has 0 amide bonds. The zero-order valence-corrected chi connectivity index (χ0v) is 14.2. The van der Waals surface area contributed by atoms with E-state index in [9.17, 15) is 0 Å². The quantitative estimate of drug-likeness (QED) is 0.514. The van der Waals surface area contributed by atoms with E-state index >= 15 is 0 Å². The van der Waals surface area contributed by atoms with Gasteiger partial charge in [0.15, 0.2) is 0 Å². The van der Waals surface area contributed by atoms with E-state index in [1.807, 2.05) is 0 Å². The molecule has 1 rings (SSSR count). The van der Waals surface area contributed by atoms with Crippen LogP contribution in [0.15, 0.2) is 47.6 Å². The molecule has 0 N–H and O–H groups in total. The summed E-state index contributed by atoms with van der Waals surface area (Å²) in [5.41, 5.74) is 3.09. The Labute approximate surface area is 126 Å². The number of rotatable bonds is 4. The minimum Gasteiger partial charge on any atom is -0.0847 e. The average Bonchev–Trinajstić information content (AvgIpc) is 2.37. The van der Waals surface area contributed by atoms with Crippen molar-refractivity contribution in [2.45, 2.75) is 60.8 Å². The SMILES string of the molecule is CC=C(C)C=CC=C(C)C=CC1C(C)CCCC1(C)C. The van der Waals surface area contributed by atoms with Crippen LogP contribution >= 0.6 is 0 Å². The maximum atomic E-state index is 2.45. The smallest absolute Gasteiger partial charge is 0.0153 e. The van der Waals surface area contributed by atoms with Gasteiger partial charge in [-0.2, -0.15) is 0 Å². The predicted molar refractivity (Wildman–Crippen MR) is 91.8 cm³/mol. The minimum atomic E-state index is 0.450. The molecule has 112 valence electrons. The van der Waals surface area contributed by atoms with Crippen molar-refractivity contribution < 1.29 is 0 Å². The van der Waals surface area contributed by atoms with E-state index in [2.05, 4.69) is 78.0 Å². The van der Waals surface area contributed by atoms with Gasteiger partial charge in [0.25, 0.3) is 0 Å². The number of allylic oxidation sites excluding steroid dienone is 8. The first kappa shape index (κ1) is 17.0. The van der Waals surface area contributed by atoms with Gasteiger partial charge in [0.2, 0.25) is 0 Å². The molecule has 0 aliphatic heterocycles. The monoisotopic (exact) mass is 272 g/mol. The Balaban J connectivity index is 2.70. The molecule has 1 aliphatic rings. The molecule has 0 saturated heterocycles. The Bertz CT molecular complexity index is 415. The lowest BCUT2D eigenvalue weighted by molar-refractivity contribution is 0.123. The van der Waals surface area contributed by atoms with Crippen LogP contribution in [0.25, 0.3) is 0 Å². The van der Waals surface area contributed by atoms with Gasteiger partial charge in [-0.15, -0.1) is 0 Å². The molecule has 0 heteroatoms. The van der Waals surface area contributed by atoms with Crippen molar-refractivity contribution in [2.75, 3.05) is 0 Å². The Hall–Kier alpha value is -1.04. The first-order chi connectivity index (χ1) is 9.36. The van der Waals surface area contributed by atoms with Crippen LogP contribution in [-0.2, 0) is 0 Å². The normalized spacial score (nSPS) is 28.5. The largest absolute Gasteiger partial charge is 0.0847 e. The van der Waals surface area contributed by atoms with Crippen molar-refractivity contribution in [3.8, 4) is 0 Å². The summed E-state index contributed by atoms with van der Waals surface area (Å²) in [6.07, 6.45) is 17.5. The molecule has 0 radical (unpaired) electrons. The van der Waals surface area contributed by atoms with Crippen molar-refractivity contribution in [2.24, 2.45) is 17.3 Å². The summed E-state index contributed by atoms with van der Waals surface area (Å²) in [6, 6.07) is 0. The first-order valence-corrected chi connectivity index (χ1v) is 8.03. The van der Waals surface area contributed by atoms with Crippen LogP contribution in [0, 0.1) is 17.3 Å². The summed E-state index contributed by atoms with van der Waals surface area (Å²) in [6.45, 7) is 13.6. The fourth-order valence-electron chi connectivity index (χ4n) is 3.21. The maximum Gasteiger partial charge on any atom is -0.0153 e. The van der Waals surface area contributed by atoms with Gasteiger partial charge in [0.1, 0.15) is 0 Å². The van der Waals surface area contributed by atoms with Gasteiger partial charge in [0, 0.05) is 0 Å². The van der Waals surface area contributed by atoms with Gasteiger partial charge >= 0.3 is 0 Å². The van der Waals surface area contributed by atoms with Crippen LogP contribution < -0.4 is 0 Å². The second kappa shape index (κ2) is 7.67. The van der Waals surface area contributed by atoms with Crippen LogP contribution in [0.5, 0.6) is 0 Å². The molecule has 0 aromatic heterocycles. The molecule has 0 bridgehead atoms. The Morgan fingerprint density at radius 2 is 1.80 bits per heavy atom. The van der Waals surface area contributed by atoms with Crippen molar-refractivity contribution in [3.63, 3.8) is 0 Å². The summed E-state index contributed by atoms with van der Waals surface area (Å²) in [4.78, 5) is 0. The van der Waals surface area contributed by atoms with E-state index in [-0.39, 0.29) is 0 Å². The van der Waals surface area contributed by atoms with E-state index in [1.165, 1.54) is 30.4 Å². The zero-order valence-electron chi connectivity index (χ0n) is 14.2. The van der Waals surface area contributed by atoms with Crippen LogP contribution in [0.1, 0.15) is 60.8 Å². The molecule has 1 fully saturated rings. The highest BCUT2D eigenvalue weighted by Gasteiger charge is 2.34. The topological polar surface area (TPSA) is 0 Å². The third kappa shape index (κ3) is 5.15. The molecule has 20 heavy (non-hydrogen) atoms. The Morgan fingerprint density at radius 1 is 1.10 bits per heavy atom. The van der Waals surface area contributed by atoms with Crippen LogP contribution in [0.4, 0.5) is 0 Å². The molecular weight excluding hydrogens is 240 g/mol. The van der Waals surface area contributed by atoms with Crippen LogP contribution in [0.3, 0.4) is 0 Å². The highest BCUT2D eigenvalue weighted by molar-refractivity contribution is 5.26. The second-order valence-electron chi connectivity index (χ2n) is 7.05. The summed E-state index contributed by atoms with van der Waals surface area (Å²) in [5.74, 6) is 1.52. The Kier molecular flexibility index (Phi) is 6.52. The third-order valence-corrected chi connectivity index (χ3v) is 4.74. The first-order valence-electron chi connectivity index (χ1n) is 8.03. The van der Waals surface area contributed by atoms with Crippen molar-refractivity contribution in [1.82, 2.24) is 0 Å². The van der Waals surface area contributed by atoms with E-state index in [0.717, 1.165) is 5.92 Å². The van der Waals surface area contributed by atoms with Crippen molar-refractivity contribution >= 4 is 0 Å². The van der Waals surface area contributed by atoms with Gasteiger partial charge in [-0.25, -0.2) is 0 Å². The summed E-state index contributed by atoms with van der Waals surface area (Å²) in [5, 5.41) is 0. The molecule has 1 aliphatic carbocycles. The molecule has 2 atom stereocenters. The van der Waals surface area contributed by atoms with Gasteiger partial charge in [-0.3, -0.25) is 0 Å². The summed E-state index contributed by atoms with van der Waals surface area (Å²) < 4.78 is 0. The average molecular weight is 272 g/mol. The fraction of sp³-hybridized carbons (Fsp3) is 0.600. The molecule has 0 nitrogen and oxygen atoms in total. The third-order valence-electron chi connectivity index (χ3n) is 4.74. The van der Waals surface area contributed by atoms with Crippen molar-refractivity contribution in [1.29, 1.82) is 0 Å². The van der Waals surface area contributed by atoms with Crippen LogP contribution in [-0.4, -0.2) is 0 Å². The lowest BCUT2D eigenvalue weighted by Crippen LogP contribution is -2.32. The number of hydrogen-bond donors (Lipinski definition) is 0. The van der Waals surface area contributed by atoms with Gasteiger partial charge in [-0.05, 0) is 44.4 Å². The highest BCUT2D eigenvalue weighted by atomic mass is 14.4. The van der Waals surface area contributed by atoms with Gasteiger partial charge in [-0.1, -0.05) is 81.2 Å². The lowest BCUT2D eigenvalue weighted by Gasteiger charge is -2.41. The van der Waals surface area contributed by atoms with Gasteiger partial charge < -0.3 is 0 Å². The molecule has 0 heterocycles. The van der Waals surface area contributed by atoms with Crippen molar-refractivity contribution in [3.05, 3.63) is 47.6 Å². The lowest BCUT2D eigenvalue weighted by atomic mass is 9.64. The van der Waals surface area contributed by atoms with Gasteiger partial charge in [0.05, 0.1) is 0 Å². The zero-order chi connectivity index (χ0) is 15.2. The van der Waals surface area contributed by atoms with E-state index < -0.39 is 0 Å². The maximum absolute atomic E-state index is 2.45. The number of hydrogen-bond acceptors (Lipinski definition) is 0. The highest BCUT2D eigenvalue weighted by Crippen LogP contribution is 2.44. The van der Waals surface area contributed by atoms with Crippen LogP contribution in [0.2, 0.25) is 0 Å². The Morgan fingerprint density at radius 3 is 2.40 bits per heavy atom. The summed E-state index contributed by atoms with van der Waals surface area (Å²) in [7, 11) is 0. The molecule has 0 aromatic rings. The fourth-order valence-corrected chi connectivity index (χ4v) is 3.21. The predicted octanol–water partition coefficient (Wildman–Crippen LogP) is 6.47. The minimum absolute atomic E-state index is 0.450. The summed E-state index contributed by atoms with van der Waals surface area (Å²) >= 11 is 0. The molecule has 2 unspecified atom stereocenters. The van der Waals surface area contributed by atoms with E-state index in [4.69, 9.17) is 0 Å². The van der Waals surface area contributed by atoms with E-state index in [1.54, 1.807) is 0 Å². The van der Waals surface area contributed by atoms with E-state index in [0.29, 0.717) is 11.3 Å². The molecular formula is C20H32. The molecule has 0 aromatic carbocycles. The molecule has 1 saturated carbocycles. The standard InChI is InChI=1S/C20H32/c1-7-16(2)10-8-11-17(3)13-14-19-18(4)12-9-15-20(19,5)6/h7-8,10-11,13-14,18-19H,9,12,15H2,1-6H3. The second-order valence-corrected chi connectivity index (χ2v) is 7.05.